The van der Waals surface area contributed by atoms with Crippen molar-refractivity contribution >= 4 is 33.3 Å². The van der Waals surface area contributed by atoms with E-state index in [4.69, 9.17) is 9.47 Å². The molecule has 0 radical (unpaired) electrons. The zero-order valence-corrected chi connectivity index (χ0v) is 28.8. The number of Topliss-reactive ketones (excluding diaryl/α,β-unsaturated/α-hetero) is 2. The minimum atomic E-state index is -4.57. The van der Waals surface area contributed by atoms with E-state index in [9.17, 15) is 27.4 Å². The number of unbranched alkanes of at least 4 members (excludes halogenated alkanes) is 2. The van der Waals surface area contributed by atoms with Gasteiger partial charge in [0.2, 0.25) is 5.91 Å². The maximum atomic E-state index is 13.4. The van der Waals surface area contributed by atoms with Gasteiger partial charge in [0.05, 0.1) is 34.8 Å². The Kier molecular flexibility index (Phi) is 14.2. The Morgan fingerprint density at radius 2 is 1.40 bits per heavy atom. The van der Waals surface area contributed by atoms with Gasteiger partial charge in [-0.15, -0.1) is 0 Å². The molecule has 43 heavy (non-hydrogen) atoms. The van der Waals surface area contributed by atoms with E-state index in [1.54, 1.807) is 6.07 Å². The third kappa shape index (κ3) is 13.2. The minimum absolute atomic E-state index is 0.0442. The van der Waals surface area contributed by atoms with Crippen LogP contribution in [0.25, 0.3) is 0 Å². The molecule has 9 nitrogen and oxygen atoms in total. The summed E-state index contributed by atoms with van der Waals surface area (Å²) >= 11 is 0. The molecule has 0 aliphatic carbocycles. The number of carbonyl (C=O) groups is 3. The second kappa shape index (κ2) is 15.7. The van der Waals surface area contributed by atoms with Crippen LogP contribution in [-0.2, 0) is 34.0 Å². The summed E-state index contributed by atoms with van der Waals surface area (Å²) in [5.74, 6) is -1.11. The van der Waals surface area contributed by atoms with Crippen molar-refractivity contribution in [2.75, 3.05) is 18.5 Å². The number of hydrogen-bond acceptors (Lipinski definition) is 7. The van der Waals surface area contributed by atoms with Crippen molar-refractivity contribution in [2.45, 2.75) is 130 Å². The SMILES string of the molecule is CC(C)(C)OCCCCCC(=O)C(C)(C)C(C)(C)OCC(CCCC(=O)C(C)(C)C)C(=O)Nc1ccccc1S(=O)(=O)O. The van der Waals surface area contributed by atoms with Crippen molar-refractivity contribution in [3.05, 3.63) is 24.3 Å². The number of para-hydroxylation sites is 1. The summed E-state index contributed by atoms with van der Waals surface area (Å²) < 4.78 is 45.3. The van der Waals surface area contributed by atoms with Crippen molar-refractivity contribution in [2.24, 2.45) is 16.7 Å². The van der Waals surface area contributed by atoms with E-state index in [2.05, 4.69) is 5.32 Å². The zero-order chi connectivity index (χ0) is 33.3. The average Bonchev–Trinajstić information content (AvgIpc) is 2.85. The van der Waals surface area contributed by atoms with Gasteiger partial charge in [0.25, 0.3) is 10.1 Å². The molecule has 1 amide bonds. The van der Waals surface area contributed by atoms with Crippen LogP contribution >= 0.6 is 0 Å². The van der Waals surface area contributed by atoms with Crippen LogP contribution in [0.1, 0.15) is 114 Å². The van der Waals surface area contributed by atoms with Gasteiger partial charge in [0.15, 0.2) is 0 Å². The summed E-state index contributed by atoms with van der Waals surface area (Å²) in [5.41, 5.74) is -2.51. The summed E-state index contributed by atoms with van der Waals surface area (Å²) in [6.07, 6.45) is 3.91. The first kappa shape index (κ1) is 38.9. The molecule has 1 unspecified atom stereocenters. The van der Waals surface area contributed by atoms with Gasteiger partial charge in [0.1, 0.15) is 16.5 Å². The second-order valence-electron chi connectivity index (χ2n) is 14.4. The molecule has 0 aromatic heterocycles. The Morgan fingerprint density at radius 1 is 0.814 bits per heavy atom. The standard InChI is InChI=1S/C33H55NO8S/c1-30(2,3)27(35)21-16-17-24(29(37)34-25-18-13-14-19-26(25)43(38,39)40)23-42-33(9,10)32(7,8)28(36)20-12-11-15-22-41-31(4,5)6/h13-14,18-19,24H,11-12,15-17,20-23H2,1-10H3,(H,34,37)(H,38,39,40). The molecule has 0 saturated carbocycles. The summed E-state index contributed by atoms with van der Waals surface area (Å²) in [6, 6.07) is 5.59. The molecule has 0 aliphatic rings. The molecular formula is C33H55NO8S. The Bertz CT molecular complexity index is 1190. The van der Waals surface area contributed by atoms with Crippen LogP contribution in [0, 0.1) is 16.7 Å². The fourth-order valence-corrected chi connectivity index (χ4v) is 4.93. The van der Waals surface area contributed by atoms with E-state index in [0.29, 0.717) is 25.9 Å². The van der Waals surface area contributed by atoms with E-state index >= 15 is 0 Å². The molecular weight excluding hydrogens is 570 g/mol. The second-order valence-corrected chi connectivity index (χ2v) is 15.8. The smallest absolute Gasteiger partial charge is 0.296 e. The Balaban J connectivity index is 2.97. The van der Waals surface area contributed by atoms with E-state index in [-0.39, 0.29) is 35.9 Å². The van der Waals surface area contributed by atoms with Crippen LogP contribution in [0.3, 0.4) is 0 Å². The summed E-state index contributed by atoms with van der Waals surface area (Å²) in [6.45, 7) is 19.5. The highest BCUT2D eigenvalue weighted by atomic mass is 32.2. The maximum Gasteiger partial charge on any atom is 0.296 e. The van der Waals surface area contributed by atoms with Crippen LogP contribution in [-0.4, -0.2) is 54.9 Å². The van der Waals surface area contributed by atoms with E-state index < -0.39 is 43.3 Å². The fraction of sp³-hybridized carbons (Fsp3) is 0.727. The third-order valence-corrected chi connectivity index (χ3v) is 8.93. The Hall–Kier alpha value is -2.14. The summed E-state index contributed by atoms with van der Waals surface area (Å²) in [5, 5.41) is 2.62. The third-order valence-electron chi connectivity index (χ3n) is 8.02. The van der Waals surface area contributed by atoms with Crippen LogP contribution in [0.4, 0.5) is 5.69 Å². The topological polar surface area (TPSA) is 136 Å². The van der Waals surface area contributed by atoms with Crippen molar-refractivity contribution < 1.29 is 36.8 Å². The maximum absolute atomic E-state index is 13.4. The van der Waals surface area contributed by atoms with Crippen LogP contribution in [0.2, 0.25) is 0 Å². The van der Waals surface area contributed by atoms with Crippen molar-refractivity contribution in [1.82, 2.24) is 0 Å². The number of nitrogens with one attached hydrogen (secondary N) is 1. The van der Waals surface area contributed by atoms with Gasteiger partial charge in [-0.2, -0.15) is 8.42 Å². The largest absolute Gasteiger partial charge is 0.376 e. The number of hydrogen-bond donors (Lipinski definition) is 2. The molecule has 0 saturated heterocycles. The van der Waals surface area contributed by atoms with E-state index in [1.165, 1.54) is 18.2 Å². The first-order valence-corrected chi connectivity index (χ1v) is 16.6. The lowest BCUT2D eigenvalue weighted by Gasteiger charge is -2.41. The Labute approximate surface area is 259 Å². The first-order valence-electron chi connectivity index (χ1n) is 15.2. The van der Waals surface area contributed by atoms with Crippen LogP contribution in [0.5, 0.6) is 0 Å². The molecule has 0 heterocycles. The van der Waals surface area contributed by atoms with Gasteiger partial charge in [-0.25, -0.2) is 0 Å². The lowest BCUT2D eigenvalue weighted by Crippen LogP contribution is -2.48. The van der Waals surface area contributed by atoms with Gasteiger partial charge in [-0.05, 0) is 72.4 Å². The molecule has 1 rings (SSSR count). The van der Waals surface area contributed by atoms with Gasteiger partial charge in [0, 0.05) is 24.9 Å². The molecule has 1 atom stereocenters. The number of amides is 1. The van der Waals surface area contributed by atoms with Crippen LogP contribution < -0.4 is 5.32 Å². The number of ether oxygens (including phenoxy) is 2. The summed E-state index contributed by atoms with van der Waals surface area (Å²) in [4.78, 5) is 38.8. The molecule has 10 heteroatoms. The highest BCUT2D eigenvalue weighted by Gasteiger charge is 2.44. The molecule has 1 aromatic rings. The van der Waals surface area contributed by atoms with Gasteiger partial charge in [-0.3, -0.25) is 18.9 Å². The molecule has 2 N–H and O–H groups in total. The quantitative estimate of drug-likeness (QED) is 0.131. The van der Waals surface area contributed by atoms with Crippen molar-refractivity contribution in [3.8, 4) is 0 Å². The fourth-order valence-electron chi connectivity index (χ4n) is 4.28. The van der Waals surface area contributed by atoms with Gasteiger partial charge >= 0.3 is 0 Å². The summed E-state index contributed by atoms with van der Waals surface area (Å²) in [7, 11) is -4.57. The van der Waals surface area contributed by atoms with E-state index in [1.807, 2.05) is 69.2 Å². The molecule has 0 bridgehead atoms. The number of benzene rings is 1. The lowest BCUT2D eigenvalue weighted by molar-refractivity contribution is -0.153. The predicted molar refractivity (Wildman–Crippen MR) is 170 cm³/mol. The lowest BCUT2D eigenvalue weighted by atomic mass is 9.72. The monoisotopic (exact) mass is 625 g/mol. The highest BCUT2D eigenvalue weighted by molar-refractivity contribution is 7.86. The highest BCUT2D eigenvalue weighted by Crippen LogP contribution is 2.37. The number of anilines is 1. The first-order chi connectivity index (χ1) is 19.5. The normalized spacial score (nSPS) is 13.9. The molecule has 1 aromatic carbocycles. The van der Waals surface area contributed by atoms with Crippen molar-refractivity contribution in [3.63, 3.8) is 0 Å². The molecule has 0 spiro atoms. The van der Waals surface area contributed by atoms with E-state index in [0.717, 1.165) is 19.3 Å². The minimum Gasteiger partial charge on any atom is -0.376 e. The van der Waals surface area contributed by atoms with Gasteiger partial charge < -0.3 is 14.8 Å². The van der Waals surface area contributed by atoms with Crippen LogP contribution in [0.15, 0.2) is 29.2 Å². The number of rotatable bonds is 18. The average molecular weight is 626 g/mol. The predicted octanol–water partition coefficient (Wildman–Crippen LogP) is 7.04. The molecule has 246 valence electrons. The van der Waals surface area contributed by atoms with Gasteiger partial charge in [-0.1, -0.05) is 53.2 Å². The van der Waals surface area contributed by atoms with Crippen molar-refractivity contribution in [1.29, 1.82) is 0 Å². The number of carbonyl (C=O) groups excluding carboxylic acids is 3. The Morgan fingerprint density at radius 3 is 1.95 bits per heavy atom. The number of ketones is 2. The molecule has 0 fully saturated rings. The zero-order valence-electron chi connectivity index (χ0n) is 28.0. The molecule has 0 aliphatic heterocycles.